The molecule has 0 bridgehead atoms. The van der Waals surface area contributed by atoms with Crippen molar-refractivity contribution in [1.29, 1.82) is 0 Å². The van der Waals surface area contributed by atoms with Gasteiger partial charge in [0.1, 0.15) is 48.8 Å². The zero-order valence-corrected chi connectivity index (χ0v) is 43.1. The number of hydrogen-bond acceptors (Lipinski definition) is 21. The molecule has 0 saturated carbocycles. The first kappa shape index (κ1) is 66.6. The molecule has 0 aromatic heterocycles. The topological polar surface area (TPSA) is 304 Å². The van der Waals surface area contributed by atoms with Crippen LogP contribution in [0, 0.1) is 0 Å². The molecule has 1 rings (SSSR count). The van der Waals surface area contributed by atoms with Gasteiger partial charge in [-0.15, -0.1) is 0 Å². The van der Waals surface area contributed by atoms with E-state index in [-0.39, 0.29) is 112 Å². The van der Waals surface area contributed by atoms with Gasteiger partial charge in [0, 0.05) is 0 Å². The Bertz CT molecular complexity index is 1120. The fraction of sp³-hybridized carbons (Fsp3) is 1.00. The molecule has 21 nitrogen and oxygen atoms in total. The van der Waals surface area contributed by atoms with Gasteiger partial charge in [0.2, 0.25) is 0 Å². The number of ether oxygens (including phenoxy) is 11. The first-order valence-electron chi connectivity index (χ1n) is 25.3. The molecule has 22 heteroatoms. The maximum atomic E-state index is 10.8. The van der Waals surface area contributed by atoms with Crippen LogP contribution in [-0.4, -0.2) is 283 Å². The van der Waals surface area contributed by atoms with Crippen molar-refractivity contribution >= 4 is 7.26 Å². The van der Waals surface area contributed by atoms with E-state index in [1.165, 1.54) is 64.2 Å². The summed E-state index contributed by atoms with van der Waals surface area (Å²) < 4.78 is 62.9. The van der Waals surface area contributed by atoms with Gasteiger partial charge in [-0.3, -0.25) is 0 Å². The molecule has 0 amide bonds. The molecule has 0 aliphatic carbocycles. The normalized spacial score (nSPS) is 20.0. The summed E-state index contributed by atoms with van der Waals surface area (Å²) in [6.45, 7) is 3.99. The Morgan fingerprint density at radius 3 is 1.46 bits per heavy atom. The average molecular weight is 1030 g/mol. The molecule has 0 spiro atoms. The van der Waals surface area contributed by atoms with Crippen molar-refractivity contribution in [1.82, 2.24) is 0 Å². The minimum Gasteiger partial charge on any atom is -0.394 e. The summed E-state index contributed by atoms with van der Waals surface area (Å²) in [6, 6.07) is 0. The van der Waals surface area contributed by atoms with Gasteiger partial charge in [-0.05, 0) is 0 Å². The molecule has 0 aromatic carbocycles. The average Bonchev–Trinajstić information content (AvgIpc) is 3.33. The molecule has 11 atom stereocenters. The predicted octanol–water partition coefficient (Wildman–Crippen LogP) is -0.909. The van der Waals surface area contributed by atoms with Gasteiger partial charge >= 0.3 is 198 Å². The van der Waals surface area contributed by atoms with E-state index < -0.39 is 101 Å². The van der Waals surface area contributed by atoms with E-state index in [0.717, 1.165) is 6.16 Å². The summed E-state index contributed by atoms with van der Waals surface area (Å²) >= 11 is 0. The summed E-state index contributed by atoms with van der Waals surface area (Å²) in [5.74, 6) is 0. The van der Waals surface area contributed by atoms with E-state index in [9.17, 15) is 40.9 Å². The Labute approximate surface area is 412 Å². The van der Waals surface area contributed by atoms with Crippen LogP contribution in [0.4, 0.5) is 0 Å². The minimum absolute atomic E-state index is 0.0423. The molecule has 1 heterocycles. The zero-order valence-electron chi connectivity index (χ0n) is 42.1. The summed E-state index contributed by atoms with van der Waals surface area (Å²) in [6.07, 6.45) is 5.58. The van der Waals surface area contributed by atoms with Gasteiger partial charge in [-0.1, -0.05) is 0 Å². The summed E-state index contributed by atoms with van der Waals surface area (Å²) in [5.41, 5.74) is 0. The fourth-order valence-corrected chi connectivity index (χ4v) is 10.1. The van der Waals surface area contributed by atoms with Crippen LogP contribution in [0.5, 0.6) is 0 Å². The maximum absolute atomic E-state index is 10.8. The molecule has 416 valence electrons. The van der Waals surface area contributed by atoms with E-state index in [4.69, 9.17) is 62.3 Å². The second-order valence-corrected chi connectivity index (χ2v) is 24.2. The Morgan fingerprint density at radius 2 is 0.884 bits per heavy atom. The predicted molar refractivity (Wildman–Crippen MR) is 260 cm³/mol. The third-order valence-electron chi connectivity index (χ3n) is 11.1. The van der Waals surface area contributed by atoms with Crippen molar-refractivity contribution in [2.24, 2.45) is 0 Å². The Kier molecular flexibility index (Phi) is 42.4. The fourth-order valence-electron chi connectivity index (χ4n) is 7.29. The number of rotatable bonds is 50. The first-order chi connectivity index (χ1) is 33.3. The third kappa shape index (κ3) is 37.9. The van der Waals surface area contributed by atoms with Gasteiger partial charge < -0.3 is 74.0 Å². The van der Waals surface area contributed by atoms with Crippen molar-refractivity contribution in [2.45, 2.75) is 138 Å². The van der Waals surface area contributed by atoms with E-state index in [1.807, 2.05) is 0 Å². The molecule has 10 N–H and O–H groups in total. The summed E-state index contributed by atoms with van der Waals surface area (Å²) in [5, 5.41) is 98.6. The Morgan fingerprint density at radius 1 is 0.449 bits per heavy atom. The first-order valence-corrected chi connectivity index (χ1v) is 28.7. The van der Waals surface area contributed by atoms with Crippen LogP contribution < -0.4 is 0 Å². The van der Waals surface area contributed by atoms with Gasteiger partial charge in [-0.2, -0.15) is 0 Å². The number of unbranched alkanes of at least 4 members (excludes halogenated alkanes) is 9. The van der Waals surface area contributed by atoms with Gasteiger partial charge in [0.15, 0.2) is 0 Å². The number of aliphatic hydroxyl groups excluding tert-OH is 10. The standard InChI is InChI=1S/C47H97O21P/c1-4-5-6-7-8-9-10-11-12-13-14-69(2,3)36-41(57)24-59-23-40(56)26-66-45(30-61-27-42(17-50)65-25-38(54)16-49)31-64-35-46(32-60-22-39(55)21-58-20-37(53)15-48)67-43(18-51)28-62-33-47-34-63-29-44(19-52)68-47/h37-57,69H,4-36H2,1-3H3. The minimum atomic E-state index is -1.65. The van der Waals surface area contributed by atoms with Crippen LogP contribution in [0.2, 0.25) is 0 Å². The van der Waals surface area contributed by atoms with Crippen LogP contribution >= 0.6 is 7.26 Å². The molecule has 1 saturated heterocycles. The van der Waals surface area contributed by atoms with Gasteiger partial charge in [0.25, 0.3) is 0 Å². The van der Waals surface area contributed by atoms with Crippen molar-refractivity contribution < 1.29 is 103 Å². The third-order valence-corrected chi connectivity index (χ3v) is 14.4. The van der Waals surface area contributed by atoms with Gasteiger partial charge in [0.05, 0.1) is 92.5 Å². The van der Waals surface area contributed by atoms with Crippen molar-refractivity contribution in [3.05, 3.63) is 0 Å². The molecule has 1 fully saturated rings. The van der Waals surface area contributed by atoms with Crippen LogP contribution in [-0.2, 0) is 52.1 Å². The van der Waals surface area contributed by atoms with Crippen LogP contribution in [0.15, 0.2) is 0 Å². The second kappa shape index (κ2) is 43.9. The van der Waals surface area contributed by atoms with Crippen LogP contribution in [0.1, 0.15) is 71.1 Å². The van der Waals surface area contributed by atoms with E-state index in [1.54, 1.807) is 0 Å². The van der Waals surface area contributed by atoms with Crippen molar-refractivity contribution in [3.8, 4) is 0 Å². The zero-order chi connectivity index (χ0) is 51.0. The molecule has 0 radical (unpaired) electrons. The molecular formula is C47H97O21P. The molecule has 0 aromatic rings. The monoisotopic (exact) mass is 1030 g/mol. The molecule has 11 unspecified atom stereocenters. The number of hydrogen-bond donors (Lipinski definition) is 10. The Balaban J connectivity index is 2.79. The smallest absolute Gasteiger partial charge is 0.394 e. The molecular weight excluding hydrogens is 931 g/mol. The summed E-state index contributed by atoms with van der Waals surface area (Å²) in [4.78, 5) is 0. The second-order valence-electron chi connectivity index (χ2n) is 18.9. The molecule has 1 aliphatic heterocycles. The Hall–Kier alpha value is -0.410. The van der Waals surface area contributed by atoms with Crippen LogP contribution in [0.3, 0.4) is 0 Å². The van der Waals surface area contributed by atoms with Crippen molar-refractivity contribution in [2.75, 3.05) is 164 Å². The molecule has 69 heavy (non-hydrogen) atoms. The SMILES string of the molecule is CCCCCCCCCCCC[PH](C)(C)CC(O)COCC(O)COC(COCC(CO)OCC(O)CO)COCC(COCC(O)COCC(O)CO)OC(CO)COCC1COCC(CO)O1. The molecule has 1 aliphatic rings. The van der Waals surface area contributed by atoms with E-state index in [2.05, 4.69) is 20.3 Å². The van der Waals surface area contributed by atoms with E-state index in [0.29, 0.717) is 6.16 Å². The van der Waals surface area contributed by atoms with Crippen molar-refractivity contribution in [3.63, 3.8) is 0 Å². The number of aliphatic hydroxyl groups is 10. The van der Waals surface area contributed by atoms with E-state index >= 15 is 0 Å². The van der Waals surface area contributed by atoms with Gasteiger partial charge in [-0.25, -0.2) is 0 Å². The summed E-state index contributed by atoms with van der Waals surface area (Å²) in [7, 11) is -1.65. The quantitative estimate of drug-likeness (QED) is 0.0261. The van der Waals surface area contributed by atoms with Crippen LogP contribution in [0.25, 0.3) is 0 Å².